The molecule has 0 N–H and O–H groups in total. The molecule has 0 radical (unpaired) electrons. The van der Waals surface area contributed by atoms with Crippen molar-refractivity contribution >= 4 is 32.3 Å². The largest absolute Gasteiger partial charge is 0.255 e. The molecule has 222 valence electrons. The Morgan fingerprint density at radius 1 is 0.292 bits per heavy atom. The quantitative estimate of drug-likeness (QED) is 0.194. The molecule has 1 aliphatic rings. The molecule has 1 heterocycles. The van der Waals surface area contributed by atoms with E-state index in [0.717, 1.165) is 16.6 Å². The molecule has 8 aromatic carbocycles. The summed E-state index contributed by atoms with van der Waals surface area (Å²) in [6, 6.07) is 61.6. The van der Waals surface area contributed by atoms with Crippen LogP contribution in [0.3, 0.4) is 0 Å². The van der Waals surface area contributed by atoms with Crippen molar-refractivity contribution in [3.63, 3.8) is 0 Å². The van der Waals surface area contributed by atoms with Gasteiger partial charge in [-0.2, -0.15) is 0 Å². The van der Waals surface area contributed by atoms with Gasteiger partial charge in [0.15, 0.2) is 0 Å². The van der Waals surface area contributed by atoms with Gasteiger partial charge in [0.2, 0.25) is 0 Å². The van der Waals surface area contributed by atoms with Crippen LogP contribution in [-0.4, -0.2) is 4.98 Å². The number of nitrogens with zero attached hydrogens (tertiary/aromatic N) is 1. The number of rotatable bonds is 4. The predicted molar refractivity (Wildman–Crippen MR) is 203 cm³/mol. The molecule has 0 spiro atoms. The number of pyridine rings is 1. The summed E-state index contributed by atoms with van der Waals surface area (Å²) in [5.41, 5.74) is 14.8. The highest BCUT2D eigenvalue weighted by molar-refractivity contribution is 6.29. The average Bonchev–Trinajstić information content (AvgIpc) is 3.49. The lowest BCUT2D eigenvalue weighted by Crippen LogP contribution is -1.93. The Balaban J connectivity index is 1.37. The van der Waals surface area contributed by atoms with E-state index in [0.29, 0.717) is 0 Å². The molecular formula is C47H29N. The molecule has 0 amide bonds. The van der Waals surface area contributed by atoms with E-state index in [1.54, 1.807) is 0 Å². The molecule has 1 heteroatoms. The van der Waals surface area contributed by atoms with Gasteiger partial charge in [-0.1, -0.05) is 170 Å². The van der Waals surface area contributed by atoms with Gasteiger partial charge in [-0.25, -0.2) is 0 Å². The zero-order chi connectivity index (χ0) is 31.6. The highest BCUT2D eigenvalue weighted by Crippen LogP contribution is 2.58. The van der Waals surface area contributed by atoms with Gasteiger partial charge in [-0.3, -0.25) is 4.98 Å². The van der Waals surface area contributed by atoms with Crippen LogP contribution >= 0.6 is 0 Å². The van der Waals surface area contributed by atoms with Gasteiger partial charge in [0.25, 0.3) is 0 Å². The Labute approximate surface area is 279 Å². The third kappa shape index (κ3) is 3.88. The minimum atomic E-state index is 1.01. The van der Waals surface area contributed by atoms with E-state index >= 15 is 0 Å². The molecule has 0 aliphatic heterocycles. The van der Waals surface area contributed by atoms with E-state index in [4.69, 9.17) is 4.98 Å². The average molecular weight is 608 g/mol. The zero-order valence-corrected chi connectivity index (χ0v) is 26.2. The van der Waals surface area contributed by atoms with Gasteiger partial charge in [-0.15, -0.1) is 0 Å². The first-order valence-corrected chi connectivity index (χ1v) is 16.6. The van der Waals surface area contributed by atoms with Gasteiger partial charge in [0, 0.05) is 22.7 Å². The number of fused-ring (bicyclic) bond motifs is 5. The maximum atomic E-state index is 5.10. The molecule has 1 nitrogen and oxygen atoms in total. The lowest BCUT2D eigenvalue weighted by atomic mass is 9.82. The van der Waals surface area contributed by atoms with E-state index in [1.165, 1.54) is 82.6 Å². The summed E-state index contributed by atoms with van der Waals surface area (Å²) >= 11 is 0. The summed E-state index contributed by atoms with van der Waals surface area (Å²) in [7, 11) is 0. The summed E-state index contributed by atoms with van der Waals surface area (Å²) in [5, 5.41) is 7.46. The van der Waals surface area contributed by atoms with Crippen LogP contribution in [0.2, 0.25) is 0 Å². The first-order valence-electron chi connectivity index (χ1n) is 16.6. The molecule has 9 aromatic rings. The zero-order valence-electron chi connectivity index (χ0n) is 26.2. The number of hydrogen-bond acceptors (Lipinski definition) is 1. The highest BCUT2D eigenvalue weighted by Gasteiger charge is 2.31. The SMILES string of the molecule is c1ccc(-c2ncc3ccccc3c2-c2ccc3c4c(cccc24)-c2c-3c(-c3ccccc3)c3ccccc3c2-c2ccccc2)cc1. The van der Waals surface area contributed by atoms with E-state index in [1.807, 2.05) is 6.20 Å². The minimum Gasteiger partial charge on any atom is -0.255 e. The fraction of sp³-hybridized carbons (Fsp3) is 0. The second-order valence-corrected chi connectivity index (χ2v) is 12.6. The third-order valence-corrected chi connectivity index (χ3v) is 10.0. The molecule has 48 heavy (non-hydrogen) atoms. The van der Waals surface area contributed by atoms with Gasteiger partial charge in [-0.05, 0) is 77.0 Å². The summed E-state index contributed by atoms with van der Waals surface area (Å²) in [5.74, 6) is 0. The summed E-state index contributed by atoms with van der Waals surface area (Å²) in [6.45, 7) is 0. The maximum Gasteiger partial charge on any atom is 0.0786 e. The van der Waals surface area contributed by atoms with E-state index in [9.17, 15) is 0 Å². The Kier molecular flexibility index (Phi) is 5.94. The van der Waals surface area contributed by atoms with Crippen LogP contribution < -0.4 is 0 Å². The van der Waals surface area contributed by atoms with Crippen molar-refractivity contribution in [2.75, 3.05) is 0 Å². The van der Waals surface area contributed by atoms with Gasteiger partial charge in [0.1, 0.15) is 0 Å². The molecule has 1 aromatic heterocycles. The van der Waals surface area contributed by atoms with Crippen molar-refractivity contribution < 1.29 is 0 Å². The van der Waals surface area contributed by atoms with E-state index < -0.39 is 0 Å². The van der Waals surface area contributed by atoms with Crippen LogP contribution in [0.1, 0.15) is 0 Å². The lowest BCUT2D eigenvalue weighted by molar-refractivity contribution is 1.36. The van der Waals surface area contributed by atoms with Crippen molar-refractivity contribution in [2.24, 2.45) is 0 Å². The molecule has 10 rings (SSSR count). The third-order valence-electron chi connectivity index (χ3n) is 10.0. The maximum absolute atomic E-state index is 5.10. The molecule has 0 bridgehead atoms. The normalized spacial score (nSPS) is 11.8. The summed E-state index contributed by atoms with van der Waals surface area (Å²) < 4.78 is 0. The fourth-order valence-corrected chi connectivity index (χ4v) is 8.08. The van der Waals surface area contributed by atoms with Crippen LogP contribution in [0, 0.1) is 0 Å². The molecule has 0 atom stereocenters. The first-order chi connectivity index (χ1) is 23.9. The fourth-order valence-electron chi connectivity index (χ4n) is 8.08. The van der Waals surface area contributed by atoms with Crippen LogP contribution in [0.25, 0.3) is 99.2 Å². The van der Waals surface area contributed by atoms with Crippen LogP contribution in [0.5, 0.6) is 0 Å². The van der Waals surface area contributed by atoms with Crippen molar-refractivity contribution in [1.82, 2.24) is 4.98 Å². The number of benzene rings is 8. The van der Waals surface area contributed by atoms with Crippen LogP contribution in [-0.2, 0) is 0 Å². The molecule has 0 unspecified atom stereocenters. The van der Waals surface area contributed by atoms with Gasteiger partial charge < -0.3 is 0 Å². The lowest BCUT2D eigenvalue weighted by Gasteiger charge is -2.20. The molecule has 0 saturated heterocycles. The Morgan fingerprint density at radius 2 is 0.771 bits per heavy atom. The smallest absolute Gasteiger partial charge is 0.0786 e. The van der Waals surface area contributed by atoms with Gasteiger partial charge in [0.05, 0.1) is 5.69 Å². The van der Waals surface area contributed by atoms with Crippen LogP contribution in [0.4, 0.5) is 0 Å². The monoisotopic (exact) mass is 607 g/mol. The van der Waals surface area contributed by atoms with Crippen molar-refractivity contribution in [3.05, 3.63) is 176 Å². The number of aromatic nitrogens is 1. The Hall–Kier alpha value is -6.31. The molecule has 0 saturated carbocycles. The van der Waals surface area contributed by atoms with E-state index in [2.05, 4.69) is 170 Å². The standard InChI is InChI=1S/C47H29N/c1-4-15-30(16-5-1)41-35-23-12-13-24-36(35)42(31-17-6-2-7-18-31)46-40-28-27-38(37-25-14-26-39(43(37)40)45(41)46)44-34-22-11-10-21-33(34)29-48-47(44)32-19-8-3-9-20-32/h1-29H. The summed E-state index contributed by atoms with van der Waals surface area (Å²) in [6.07, 6.45) is 2.01. The van der Waals surface area contributed by atoms with Gasteiger partial charge >= 0.3 is 0 Å². The van der Waals surface area contributed by atoms with Crippen molar-refractivity contribution in [3.8, 4) is 66.9 Å². The summed E-state index contributed by atoms with van der Waals surface area (Å²) in [4.78, 5) is 5.10. The molecule has 0 fully saturated rings. The van der Waals surface area contributed by atoms with Crippen LogP contribution in [0.15, 0.2) is 176 Å². The van der Waals surface area contributed by atoms with Crippen molar-refractivity contribution in [1.29, 1.82) is 0 Å². The first kappa shape index (κ1) is 26.9. The topological polar surface area (TPSA) is 12.9 Å². The van der Waals surface area contributed by atoms with E-state index in [-0.39, 0.29) is 0 Å². The number of hydrogen-bond donors (Lipinski definition) is 0. The minimum absolute atomic E-state index is 1.01. The second-order valence-electron chi connectivity index (χ2n) is 12.6. The predicted octanol–water partition coefficient (Wildman–Crippen LogP) is 12.9. The Bertz CT molecular complexity index is 2600. The molecule has 1 aliphatic carbocycles. The van der Waals surface area contributed by atoms with Crippen molar-refractivity contribution in [2.45, 2.75) is 0 Å². The molecular weight excluding hydrogens is 579 g/mol. The highest BCUT2D eigenvalue weighted by atomic mass is 14.7. The second kappa shape index (κ2) is 10.6. The Morgan fingerprint density at radius 3 is 1.40 bits per heavy atom.